The number of benzene rings is 2. The molecule has 0 atom stereocenters. The second-order valence-electron chi connectivity index (χ2n) is 4.97. The van der Waals surface area contributed by atoms with E-state index in [-0.39, 0.29) is 0 Å². The summed E-state index contributed by atoms with van der Waals surface area (Å²) < 4.78 is 0. The standard InChI is InChI=1S/C18H15N3/c1-13-8-9-20-11-15(13)12-21-18-7-6-14(10-19)16-4-2-3-5-17(16)18/h2-9,11,21H,12H2,1H3. The molecule has 0 spiro atoms. The minimum absolute atomic E-state index is 0.703. The molecule has 102 valence electrons. The normalized spacial score (nSPS) is 10.3. The predicted octanol–water partition coefficient (Wildman–Crippen LogP) is 4.03. The SMILES string of the molecule is Cc1ccncc1CNc1ccc(C#N)c2ccccc12. The summed E-state index contributed by atoms with van der Waals surface area (Å²) in [5.41, 5.74) is 4.13. The highest BCUT2D eigenvalue weighted by molar-refractivity contribution is 5.97. The number of nitriles is 1. The maximum absolute atomic E-state index is 9.19. The summed E-state index contributed by atoms with van der Waals surface area (Å²) in [4.78, 5) is 4.16. The lowest BCUT2D eigenvalue weighted by atomic mass is 10.0. The molecular formula is C18H15N3. The Bertz CT molecular complexity index is 831. The second-order valence-corrected chi connectivity index (χ2v) is 4.97. The Balaban J connectivity index is 1.95. The minimum Gasteiger partial charge on any atom is -0.380 e. The van der Waals surface area contributed by atoms with Gasteiger partial charge in [-0.2, -0.15) is 5.26 Å². The summed E-state index contributed by atoms with van der Waals surface area (Å²) in [7, 11) is 0. The van der Waals surface area contributed by atoms with E-state index >= 15 is 0 Å². The van der Waals surface area contributed by atoms with Gasteiger partial charge in [0.25, 0.3) is 0 Å². The number of pyridine rings is 1. The molecule has 3 nitrogen and oxygen atoms in total. The molecule has 1 N–H and O–H groups in total. The van der Waals surface area contributed by atoms with Crippen LogP contribution in [-0.2, 0) is 6.54 Å². The number of hydrogen-bond acceptors (Lipinski definition) is 3. The van der Waals surface area contributed by atoms with Crippen molar-refractivity contribution >= 4 is 16.5 Å². The third kappa shape index (κ3) is 2.56. The molecule has 0 aliphatic heterocycles. The molecule has 0 fully saturated rings. The summed E-state index contributed by atoms with van der Waals surface area (Å²) in [6, 6.07) is 16.0. The third-order valence-electron chi connectivity index (χ3n) is 3.66. The Morgan fingerprint density at radius 1 is 1.10 bits per heavy atom. The molecule has 2 aromatic carbocycles. The van der Waals surface area contributed by atoms with Crippen LogP contribution in [0, 0.1) is 18.3 Å². The van der Waals surface area contributed by atoms with Crippen molar-refractivity contribution in [1.29, 1.82) is 5.26 Å². The van der Waals surface area contributed by atoms with Gasteiger partial charge in [0.2, 0.25) is 0 Å². The molecule has 21 heavy (non-hydrogen) atoms. The second kappa shape index (κ2) is 5.64. The zero-order valence-electron chi connectivity index (χ0n) is 11.8. The maximum atomic E-state index is 9.19. The topological polar surface area (TPSA) is 48.7 Å². The first-order valence-corrected chi connectivity index (χ1v) is 6.85. The number of aromatic nitrogens is 1. The first-order chi connectivity index (χ1) is 10.3. The van der Waals surface area contributed by atoms with Gasteiger partial charge in [0.05, 0.1) is 11.6 Å². The quantitative estimate of drug-likeness (QED) is 0.783. The third-order valence-corrected chi connectivity index (χ3v) is 3.66. The fraction of sp³-hybridized carbons (Fsp3) is 0.111. The Labute approximate surface area is 123 Å². The van der Waals surface area contributed by atoms with Gasteiger partial charge in [-0.1, -0.05) is 24.3 Å². The van der Waals surface area contributed by atoms with Crippen molar-refractivity contribution < 1.29 is 0 Å². The van der Waals surface area contributed by atoms with Gasteiger partial charge in [-0.25, -0.2) is 0 Å². The smallest absolute Gasteiger partial charge is 0.0998 e. The lowest BCUT2D eigenvalue weighted by molar-refractivity contribution is 1.08. The predicted molar refractivity (Wildman–Crippen MR) is 85.0 cm³/mol. The molecule has 0 aliphatic carbocycles. The molecular weight excluding hydrogens is 258 g/mol. The molecule has 1 aromatic heterocycles. The van der Waals surface area contributed by atoms with Crippen LogP contribution in [0.2, 0.25) is 0 Å². The van der Waals surface area contributed by atoms with Crippen LogP contribution in [0.1, 0.15) is 16.7 Å². The van der Waals surface area contributed by atoms with Crippen molar-refractivity contribution in [2.75, 3.05) is 5.32 Å². The monoisotopic (exact) mass is 273 g/mol. The van der Waals surface area contributed by atoms with Crippen molar-refractivity contribution in [3.63, 3.8) is 0 Å². The fourth-order valence-corrected chi connectivity index (χ4v) is 2.42. The lowest BCUT2D eigenvalue weighted by Crippen LogP contribution is -2.02. The van der Waals surface area contributed by atoms with E-state index in [0.717, 1.165) is 23.0 Å². The summed E-state index contributed by atoms with van der Waals surface area (Å²) in [5.74, 6) is 0. The Morgan fingerprint density at radius 2 is 1.90 bits per heavy atom. The van der Waals surface area contributed by atoms with E-state index < -0.39 is 0 Å². The van der Waals surface area contributed by atoms with Crippen molar-refractivity contribution in [2.24, 2.45) is 0 Å². The van der Waals surface area contributed by atoms with Crippen molar-refractivity contribution in [3.05, 3.63) is 71.5 Å². The number of nitrogens with one attached hydrogen (secondary N) is 1. The van der Waals surface area contributed by atoms with E-state index in [1.807, 2.05) is 48.7 Å². The largest absolute Gasteiger partial charge is 0.380 e. The maximum Gasteiger partial charge on any atom is 0.0998 e. The van der Waals surface area contributed by atoms with Crippen LogP contribution >= 0.6 is 0 Å². The average molecular weight is 273 g/mol. The van der Waals surface area contributed by atoms with E-state index in [1.165, 1.54) is 11.1 Å². The molecule has 0 saturated heterocycles. The van der Waals surface area contributed by atoms with Crippen molar-refractivity contribution in [3.8, 4) is 6.07 Å². The van der Waals surface area contributed by atoms with Gasteiger partial charge in [-0.05, 0) is 36.2 Å². The first-order valence-electron chi connectivity index (χ1n) is 6.85. The number of fused-ring (bicyclic) bond motifs is 1. The summed E-state index contributed by atoms with van der Waals surface area (Å²) >= 11 is 0. The van der Waals surface area contributed by atoms with Crippen molar-refractivity contribution in [1.82, 2.24) is 4.98 Å². The average Bonchev–Trinajstić information content (AvgIpc) is 2.54. The van der Waals surface area contributed by atoms with Crippen LogP contribution in [-0.4, -0.2) is 4.98 Å². The van der Waals surface area contributed by atoms with Crippen molar-refractivity contribution in [2.45, 2.75) is 13.5 Å². The van der Waals surface area contributed by atoms with Crippen LogP contribution in [0.5, 0.6) is 0 Å². The van der Waals surface area contributed by atoms with E-state index in [1.54, 1.807) is 6.20 Å². The van der Waals surface area contributed by atoms with Gasteiger partial charge in [0.15, 0.2) is 0 Å². The van der Waals surface area contributed by atoms with Crippen LogP contribution in [0.25, 0.3) is 10.8 Å². The van der Waals surface area contributed by atoms with Crippen LogP contribution in [0.3, 0.4) is 0 Å². The van der Waals surface area contributed by atoms with Gasteiger partial charge in [0.1, 0.15) is 0 Å². The highest BCUT2D eigenvalue weighted by Gasteiger charge is 2.05. The first kappa shape index (κ1) is 13.1. The molecule has 3 heteroatoms. The minimum atomic E-state index is 0.703. The van der Waals surface area contributed by atoms with Gasteiger partial charge in [-0.15, -0.1) is 0 Å². The fourth-order valence-electron chi connectivity index (χ4n) is 2.42. The zero-order valence-corrected chi connectivity index (χ0v) is 11.8. The van der Waals surface area contributed by atoms with Gasteiger partial charge < -0.3 is 5.32 Å². The van der Waals surface area contributed by atoms with Gasteiger partial charge in [-0.3, -0.25) is 4.98 Å². The summed E-state index contributed by atoms with van der Waals surface area (Å²) in [5, 5.41) is 14.7. The van der Waals surface area contributed by atoms with E-state index in [9.17, 15) is 5.26 Å². The van der Waals surface area contributed by atoms with E-state index in [0.29, 0.717) is 5.56 Å². The molecule has 0 saturated carbocycles. The number of aryl methyl sites for hydroxylation is 1. The number of hydrogen-bond donors (Lipinski definition) is 1. The van der Waals surface area contributed by atoms with Crippen LogP contribution in [0.15, 0.2) is 54.9 Å². The van der Waals surface area contributed by atoms with E-state index in [4.69, 9.17) is 0 Å². The Kier molecular flexibility index (Phi) is 3.53. The highest BCUT2D eigenvalue weighted by Crippen LogP contribution is 2.26. The zero-order chi connectivity index (χ0) is 14.7. The molecule has 1 heterocycles. The molecule has 3 rings (SSSR count). The van der Waals surface area contributed by atoms with Crippen LogP contribution < -0.4 is 5.32 Å². The number of anilines is 1. The molecule has 0 aliphatic rings. The molecule has 3 aromatic rings. The van der Waals surface area contributed by atoms with Crippen LogP contribution in [0.4, 0.5) is 5.69 Å². The van der Waals surface area contributed by atoms with Gasteiger partial charge >= 0.3 is 0 Å². The van der Waals surface area contributed by atoms with E-state index in [2.05, 4.69) is 23.3 Å². The molecule has 0 bridgehead atoms. The Hall–Kier alpha value is -2.86. The highest BCUT2D eigenvalue weighted by atomic mass is 14.9. The molecule has 0 amide bonds. The Morgan fingerprint density at radius 3 is 2.67 bits per heavy atom. The lowest BCUT2D eigenvalue weighted by Gasteiger charge is -2.12. The summed E-state index contributed by atoms with van der Waals surface area (Å²) in [6.45, 7) is 2.80. The summed E-state index contributed by atoms with van der Waals surface area (Å²) in [6.07, 6.45) is 3.68. The number of nitrogens with zero attached hydrogens (tertiary/aromatic N) is 2. The van der Waals surface area contributed by atoms with Gasteiger partial charge in [0, 0.05) is 35.4 Å². The number of rotatable bonds is 3. The molecule has 0 radical (unpaired) electrons. The molecule has 0 unspecified atom stereocenters.